The molecule has 164 valence electrons. The number of nitriles is 1. The summed E-state index contributed by atoms with van der Waals surface area (Å²) >= 11 is 0. The van der Waals surface area contributed by atoms with Gasteiger partial charge in [0, 0.05) is 17.3 Å². The van der Waals surface area contributed by atoms with E-state index in [1.165, 1.54) is 11.0 Å². The number of fused-ring (bicyclic) bond motifs is 4. The van der Waals surface area contributed by atoms with Gasteiger partial charge in [-0.05, 0) is 33.8 Å². The third-order valence-corrected chi connectivity index (χ3v) is 5.24. The highest BCUT2D eigenvalue weighted by Crippen LogP contribution is 2.54. The fraction of sp³-hybridized carbons (Fsp3) is 0.304. The number of para-hydroxylation sites is 1. The van der Waals surface area contributed by atoms with E-state index in [-0.39, 0.29) is 28.5 Å². The number of aryl methyl sites for hydroxylation is 1. The highest BCUT2D eigenvalue weighted by molar-refractivity contribution is 6.15. The molecule has 2 N–H and O–H groups in total. The van der Waals surface area contributed by atoms with Crippen LogP contribution >= 0.6 is 0 Å². The van der Waals surface area contributed by atoms with Gasteiger partial charge in [0.15, 0.2) is 5.41 Å². The Balaban J connectivity index is 1.99. The van der Waals surface area contributed by atoms with Gasteiger partial charge in [-0.3, -0.25) is 14.5 Å². The third kappa shape index (κ3) is 2.95. The maximum absolute atomic E-state index is 14.0. The lowest BCUT2D eigenvalue weighted by Gasteiger charge is -2.33. The molecule has 0 saturated heterocycles. The van der Waals surface area contributed by atoms with Gasteiger partial charge >= 0.3 is 11.6 Å². The number of hydrogen-bond acceptors (Lipinski definition) is 8. The monoisotopic (exact) mass is 435 g/mol. The summed E-state index contributed by atoms with van der Waals surface area (Å²) in [5.41, 5.74) is 2.84. The third-order valence-electron chi connectivity index (χ3n) is 5.24. The van der Waals surface area contributed by atoms with Crippen LogP contribution in [0, 0.1) is 18.3 Å². The molecule has 32 heavy (non-hydrogen) atoms. The zero-order chi connectivity index (χ0) is 23.4. The number of carbonyl (C=O) groups excluding carboxylic acids is 2. The summed E-state index contributed by atoms with van der Waals surface area (Å²) in [6.07, 6.45) is 0. The van der Waals surface area contributed by atoms with E-state index in [1.807, 2.05) is 6.07 Å². The van der Waals surface area contributed by atoms with Gasteiger partial charge in [0.2, 0.25) is 11.8 Å². The number of esters is 1. The molecule has 0 aliphatic carbocycles. The summed E-state index contributed by atoms with van der Waals surface area (Å²) in [7, 11) is 0. The van der Waals surface area contributed by atoms with Crippen molar-refractivity contribution in [3.05, 3.63) is 69.1 Å². The number of carbonyl (C=O) groups is 2. The lowest BCUT2D eigenvalue weighted by Crippen LogP contribution is -2.49. The van der Waals surface area contributed by atoms with Crippen LogP contribution in [0.3, 0.4) is 0 Å². The molecule has 2 aromatic rings. The van der Waals surface area contributed by atoms with Gasteiger partial charge < -0.3 is 19.6 Å². The van der Waals surface area contributed by atoms with Crippen molar-refractivity contribution >= 4 is 17.6 Å². The van der Waals surface area contributed by atoms with Crippen LogP contribution in [0.2, 0.25) is 0 Å². The first-order chi connectivity index (χ1) is 15.0. The molecule has 0 saturated carbocycles. The second-order valence-electron chi connectivity index (χ2n) is 8.58. The molecule has 1 unspecified atom stereocenters. The van der Waals surface area contributed by atoms with Crippen LogP contribution in [0.4, 0.5) is 5.69 Å². The van der Waals surface area contributed by atoms with Crippen molar-refractivity contribution in [2.24, 2.45) is 5.73 Å². The first kappa shape index (κ1) is 21.2. The standard InChI is InChI=1S/C23H21N3O6/c1-12-9-16-18(20(28)30-12)23(14(10-24)19(25)31-16)13-7-5-6-8-15(13)26(21(23)29)11-17(27)32-22(2,3)4/h5-9H,11,25H2,1-4H3. The van der Waals surface area contributed by atoms with Gasteiger partial charge in [-0.25, -0.2) is 4.79 Å². The number of nitrogens with two attached hydrogens (primary N) is 1. The van der Waals surface area contributed by atoms with Crippen LogP contribution < -0.4 is 21.0 Å². The van der Waals surface area contributed by atoms with Crippen LogP contribution in [-0.2, 0) is 19.7 Å². The van der Waals surface area contributed by atoms with E-state index in [4.69, 9.17) is 19.6 Å². The molecule has 0 radical (unpaired) electrons. The Kier molecular flexibility index (Phi) is 4.62. The number of rotatable bonds is 2. The molecule has 9 heteroatoms. The summed E-state index contributed by atoms with van der Waals surface area (Å²) in [4.78, 5) is 40.8. The second-order valence-corrected chi connectivity index (χ2v) is 8.58. The normalized spacial score (nSPS) is 19.3. The molecular weight excluding hydrogens is 414 g/mol. The number of hydrogen-bond donors (Lipinski definition) is 1. The quantitative estimate of drug-likeness (QED) is 0.708. The highest BCUT2D eigenvalue weighted by atomic mass is 16.6. The van der Waals surface area contributed by atoms with Crippen LogP contribution in [-0.4, -0.2) is 24.0 Å². The van der Waals surface area contributed by atoms with Crippen molar-refractivity contribution in [3.63, 3.8) is 0 Å². The molecule has 1 spiro atoms. The minimum Gasteiger partial charge on any atom is -0.459 e. The minimum atomic E-state index is -1.90. The molecule has 9 nitrogen and oxygen atoms in total. The van der Waals surface area contributed by atoms with Crippen molar-refractivity contribution in [1.82, 2.24) is 0 Å². The Morgan fingerprint density at radius 2 is 1.97 bits per heavy atom. The number of nitrogens with zero attached hydrogens (tertiary/aromatic N) is 2. The molecule has 1 amide bonds. The maximum Gasteiger partial charge on any atom is 0.344 e. The van der Waals surface area contributed by atoms with Crippen LogP contribution in [0.15, 0.2) is 51.0 Å². The summed E-state index contributed by atoms with van der Waals surface area (Å²) < 4.78 is 16.2. The average molecular weight is 435 g/mol. The van der Waals surface area contributed by atoms with Crippen molar-refractivity contribution < 1.29 is 23.5 Å². The molecule has 1 aromatic heterocycles. The van der Waals surface area contributed by atoms with Gasteiger partial charge in [0.1, 0.15) is 40.9 Å². The average Bonchev–Trinajstić information content (AvgIpc) is 2.90. The maximum atomic E-state index is 14.0. The van der Waals surface area contributed by atoms with E-state index in [9.17, 15) is 19.6 Å². The van der Waals surface area contributed by atoms with Crippen LogP contribution in [0.5, 0.6) is 5.75 Å². The van der Waals surface area contributed by atoms with Gasteiger partial charge in [-0.1, -0.05) is 18.2 Å². The second kappa shape index (κ2) is 6.99. The number of amides is 1. The summed E-state index contributed by atoms with van der Waals surface area (Å²) in [6.45, 7) is 6.28. The minimum absolute atomic E-state index is 0.0255. The fourth-order valence-corrected chi connectivity index (χ4v) is 4.22. The first-order valence-electron chi connectivity index (χ1n) is 9.87. The Hall–Kier alpha value is -4.06. The van der Waals surface area contributed by atoms with E-state index in [0.717, 1.165) is 0 Å². The Bertz CT molecular complexity index is 1290. The number of benzene rings is 1. The summed E-state index contributed by atoms with van der Waals surface area (Å²) in [5.74, 6) is -1.35. The lowest BCUT2D eigenvalue weighted by atomic mass is 9.69. The zero-order valence-electron chi connectivity index (χ0n) is 18.0. The molecule has 2 aliphatic heterocycles. The predicted molar refractivity (Wildman–Crippen MR) is 113 cm³/mol. The molecule has 3 heterocycles. The van der Waals surface area contributed by atoms with Gasteiger partial charge in [-0.15, -0.1) is 0 Å². The van der Waals surface area contributed by atoms with Crippen molar-refractivity contribution in [2.75, 3.05) is 11.4 Å². The lowest BCUT2D eigenvalue weighted by molar-refractivity contribution is -0.153. The Morgan fingerprint density at radius 3 is 2.62 bits per heavy atom. The highest BCUT2D eigenvalue weighted by Gasteiger charge is 2.61. The molecular formula is C23H21N3O6. The van der Waals surface area contributed by atoms with E-state index in [0.29, 0.717) is 11.3 Å². The Morgan fingerprint density at radius 1 is 1.28 bits per heavy atom. The SMILES string of the molecule is Cc1cc2c(c(=O)o1)C1(C(=O)N(CC(=O)OC(C)(C)C)c3ccccc31)C(C#N)=C(N)O2. The van der Waals surface area contributed by atoms with Gasteiger partial charge in [0.25, 0.3) is 0 Å². The van der Waals surface area contributed by atoms with Crippen LogP contribution in [0.25, 0.3) is 0 Å². The van der Waals surface area contributed by atoms with Crippen molar-refractivity contribution in [2.45, 2.75) is 38.7 Å². The predicted octanol–water partition coefficient (Wildman–Crippen LogP) is 2.01. The van der Waals surface area contributed by atoms with Gasteiger partial charge in [-0.2, -0.15) is 5.26 Å². The molecule has 0 fully saturated rings. The van der Waals surface area contributed by atoms with Crippen molar-refractivity contribution in [1.29, 1.82) is 5.26 Å². The Labute approximate surface area is 183 Å². The fourth-order valence-electron chi connectivity index (χ4n) is 4.22. The molecule has 0 bridgehead atoms. The number of anilines is 1. The molecule has 2 aliphatic rings. The topological polar surface area (TPSA) is 136 Å². The van der Waals surface area contributed by atoms with Crippen molar-refractivity contribution in [3.8, 4) is 11.8 Å². The van der Waals surface area contributed by atoms with E-state index < -0.39 is 35.1 Å². The van der Waals surface area contributed by atoms with E-state index in [1.54, 1.807) is 52.0 Å². The molecule has 4 rings (SSSR count). The van der Waals surface area contributed by atoms with E-state index in [2.05, 4.69) is 0 Å². The van der Waals surface area contributed by atoms with Crippen LogP contribution in [0.1, 0.15) is 37.7 Å². The van der Waals surface area contributed by atoms with Gasteiger partial charge in [0.05, 0.1) is 0 Å². The van der Waals surface area contributed by atoms with E-state index >= 15 is 0 Å². The largest absolute Gasteiger partial charge is 0.459 e. The molecule has 1 aromatic carbocycles. The zero-order valence-corrected chi connectivity index (χ0v) is 18.0. The summed E-state index contributed by atoms with van der Waals surface area (Å²) in [5, 5.41) is 9.96. The smallest absolute Gasteiger partial charge is 0.344 e. The molecule has 1 atom stereocenters. The summed E-state index contributed by atoms with van der Waals surface area (Å²) in [6, 6.07) is 9.97. The number of ether oxygens (including phenoxy) is 2. The first-order valence-corrected chi connectivity index (χ1v) is 9.87.